The Morgan fingerprint density at radius 2 is 2.22 bits per heavy atom. The first-order valence-corrected chi connectivity index (χ1v) is 6.03. The van der Waals surface area contributed by atoms with Crippen LogP contribution in [-0.4, -0.2) is 41.7 Å². The van der Waals surface area contributed by atoms with Gasteiger partial charge in [-0.2, -0.15) is 0 Å². The van der Waals surface area contributed by atoms with Crippen molar-refractivity contribution < 1.29 is 9.90 Å². The molecule has 0 aliphatic rings. The molecule has 0 radical (unpaired) electrons. The second-order valence-electron chi connectivity index (χ2n) is 4.81. The molecule has 18 heavy (non-hydrogen) atoms. The Morgan fingerprint density at radius 3 is 2.72 bits per heavy atom. The molecule has 1 amide bonds. The topological polar surface area (TPSA) is 65.5 Å². The first-order chi connectivity index (χ1) is 8.37. The molecule has 0 aromatic carbocycles. The molecule has 2 N–H and O–H groups in total. The standard InChI is InChI=1S/C13H21N3O2/c1-5-16(9-13(2,3)18)10-6-7-15-11(8-10)12(17)14-4/h6-8,18H,5,9H2,1-4H3,(H,14,17). The Balaban J connectivity index is 2.96. The van der Waals surface area contributed by atoms with Gasteiger partial charge in [0, 0.05) is 32.0 Å². The molecule has 1 rings (SSSR count). The number of nitrogens with one attached hydrogen (secondary N) is 1. The highest BCUT2D eigenvalue weighted by Gasteiger charge is 2.18. The summed E-state index contributed by atoms with van der Waals surface area (Å²) < 4.78 is 0. The summed E-state index contributed by atoms with van der Waals surface area (Å²) in [7, 11) is 1.57. The number of carbonyl (C=O) groups is 1. The van der Waals surface area contributed by atoms with Gasteiger partial charge in [-0.3, -0.25) is 9.78 Å². The van der Waals surface area contributed by atoms with Crippen LogP contribution in [0.4, 0.5) is 5.69 Å². The van der Waals surface area contributed by atoms with Crippen LogP contribution in [0.15, 0.2) is 18.3 Å². The van der Waals surface area contributed by atoms with Crippen molar-refractivity contribution in [3.63, 3.8) is 0 Å². The van der Waals surface area contributed by atoms with E-state index in [2.05, 4.69) is 10.3 Å². The number of likely N-dealkylation sites (N-methyl/N-ethyl adjacent to an activating group) is 1. The van der Waals surface area contributed by atoms with Gasteiger partial charge >= 0.3 is 0 Å². The third-order valence-corrected chi connectivity index (χ3v) is 2.53. The van der Waals surface area contributed by atoms with E-state index < -0.39 is 5.60 Å². The highest BCUT2D eigenvalue weighted by Crippen LogP contribution is 2.17. The summed E-state index contributed by atoms with van der Waals surface area (Å²) in [5, 5.41) is 12.4. The van der Waals surface area contributed by atoms with Crippen molar-refractivity contribution in [3.8, 4) is 0 Å². The molecule has 1 aromatic heterocycles. The Hall–Kier alpha value is -1.62. The van der Waals surface area contributed by atoms with Gasteiger partial charge in [-0.15, -0.1) is 0 Å². The average molecular weight is 251 g/mol. The second kappa shape index (κ2) is 5.82. The summed E-state index contributed by atoms with van der Waals surface area (Å²) in [5.41, 5.74) is 0.476. The largest absolute Gasteiger partial charge is 0.389 e. The molecule has 0 atom stereocenters. The molecule has 0 unspecified atom stereocenters. The van der Waals surface area contributed by atoms with Gasteiger partial charge in [0.05, 0.1) is 5.60 Å². The number of anilines is 1. The monoisotopic (exact) mass is 251 g/mol. The van der Waals surface area contributed by atoms with Gasteiger partial charge in [0.25, 0.3) is 5.91 Å². The van der Waals surface area contributed by atoms with Crippen LogP contribution in [0.5, 0.6) is 0 Å². The minimum atomic E-state index is -0.785. The molecule has 100 valence electrons. The molecule has 0 aliphatic carbocycles. The zero-order valence-electron chi connectivity index (χ0n) is 11.4. The first-order valence-electron chi connectivity index (χ1n) is 6.03. The molecule has 0 aliphatic heterocycles. The Kier molecular flexibility index (Phi) is 4.67. The lowest BCUT2D eigenvalue weighted by atomic mass is 10.1. The van der Waals surface area contributed by atoms with E-state index in [-0.39, 0.29) is 5.91 Å². The van der Waals surface area contributed by atoms with Crippen molar-refractivity contribution in [1.82, 2.24) is 10.3 Å². The number of aromatic nitrogens is 1. The van der Waals surface area contributed by atoms with Gasteiger partial charge in [-0.1, -0.05) is 0 Å². The Labute approximate surface area is 108 Å². The van der Waals surface area contributed by atoms with Crippen LogP contribution in [0.1, 0.15) is 31.3 Å². The van der Waals surface area contributed by atoms with Crippen molar-refractivity contribution in [1.29, 1.82) is 0 Å². The SMILES string of the molecule is CCN(CC(C)(C)O)c1ccnc(C(=O)NC)c1. The lowest BCUT2D eigenvalue weighted by Gasteiger charge is -2.30. The summed E-state index contributed by atoms with van der Waals surface area (Å²) in [6.45, 7) is 6.78. The van der Waals surface area contributed by atoms with E-state index in [1.807, 2.05) is 17.9 Å². The van der Waals surface area contributed by atoms with E-state index >= 15 is 0 Å². The molecular formula is C13H21N3O2. The predicted octanol–water partition coefficient (Wildman–Crippen LogP) is 1.04. The number of hydrogen-bond donors (Lipinski definition) is 2. The summed E-state index contributed by atoms with van der Waals surface area (Å²) in [6.07, 6.45) is 1.60. The quantitative estimate of drug-likeness (QED) is 0.820. The normalized spacial score (nSPS) is 11.2. The average Bonchev–Trinajstić information content (AvgIpc) is 2.34. The molecule has 5 nitrogen and oxygen atoms in total. The van der Waals surface area contributed by atoms with E-state index in [9.17, 15) is 9.90 Å². The van der Waals surface area contributed by atoms with Gasteiger partial charge in [0.2, 0.25) is 0 Å². The fourth-order valence-corrected chi connectivity index (χ4v) is 1.72. The number of aliphatic hydroxyl groups is 1. The Morgan fingerprint density at radius 1 is 1.56 bits per heavy atom. The van der Waals surface area contributed by atoms with Crippen LogP contribution in [0.3, 0.4) is 0 Å². The number of pyridine rings is 1. The molecule has 0 saturated heterocycles. The van der Waals surface area contributed by atoms with Crippen molar-refractivity contribution in [3.05, 3.63) is 24.0 Å². The third kappa shape index (κ3) is 4.00. The summed E-state index contributed by atoms with van der Waals surface area (Å²) in [4.78, 5) is 17.6. The van der Waals surface area contributed by atoms with Crippen LogP contribution in [-0.2, 0) is 0 Å². The second-order valence-corrected chi connectivity index (χ2v) is 4.81. The number of amides is 1. The summed E-state index contributed by atoms with van der Waals surface area (Å²) >= 11 is 0. The molecule has 0 fully saturated rings. The van der Waals surface area contributed by atoms with Gasteiger partial charge in [-0.05, 0) is 32.9 Å². The van der Waals surface area contributed by atoms with Crippen LogP contribution < -0.4 is 10.2 Å². The van der Waals surface area contributed by atoms with E-state index in [1.54, 1.807) is 33.2 Å². The minimum absolute atomic E-state index is 0.212. The maximum Gasteiger partial charge on any atom is 0.269 e. The van der Waals surface area contributed by atoms with Crippen LogP contribution in [0.25, 0.3) is 0 Å². The van der Waals surface area contributed by atoms with E-state index in [0.717, 1.165) is 12.2 Å². The van der Waals surface area contributed by atoms with Crippen molar-refractivity contribution in [2.24, 2.45) is 0 Å². The molecule has 1 heterocycles. The maximum atomic E-state index is 11.5. The fraction of sp³-hybridized carbons (Fsp3) is 0.538. The van der Waals surface area contributed by atoms with Crippen molar-refractivity contribution >= 4 is 11.6 Å². The number of carbonyl (C=O) groups excluding carboxylic acids is 1. The van der Waals surface area contributed by atoms with Crippen LogP contribution in [0.2, 0.25) is 0 Å². The summed E-state index contributed by atoms with van der Waals surface area (Å²) in [6, 6.07) is 3.57. The van der Waals surface area contributed by atoms with Gasteiger partial charge < -0.3 is 15.3 Å². The van der Waals surface area contributed by atoms with Gasteiger partial charge in [0.1, 0.15) is 5.69 Å². The number of nitrogens with zero attached hydrogens (tertiary/aromatic N) is 2. The molecule has 0 spiro atoms. The zero-order valence-corrected chi connectivity index (χ0v) is 11.4. The number of rotatable bonds is 5. The van der Waals surface area contributed by atoms with Crippen LogP contribution >= 0.6 is 0 Å². The molecular weight excluding hydrogens is 230 g/mol. The molecule has 0 bridgehead atoms. The highest BCUT2D eigenvalue weighted by molar-refractivity contribution is 5.92. The highest BCUT2D eigenvalue weighted by atomic mass is 16.3. The molecule has 0 saturated carbocycles. The Bertz CT molecular complexity index is 413. The van der Waals surface area contributed by atoms with E-state index in [0.29, 0.717) is 12.2 Å². The predicted molar refractivity (Wildman–Crippen MR) is 71.8 cm³/mol. The molecule has 1 aromatic rings. The van der Waals surface area contributed by atoms with Gasteiger partial charge in [-0.25, -0.2) is 0 Å². The lowest BCUT2D eigenvalue weighted by Crippen LogP contribution is -2.38. The van der Waals surface area contributed by atoms with E-state index in [4.69, 9.17) is 0 Å². The van der Waals surface area contributed by atoms with Crippen molar-refractivity contribution in [2.75, 3.05) is 25.0 Å². The van der Waals surface area contributed by atoms with E-state index in [1.165, 1.54) is 0 Å². The third-order valence-electron chi connectivity index (χ3n) is 2.53. The smallest absolute Gasteiger partial charge is 0.269 e. The fourth-order valence-electron chi connectivity index (χ4n) is 1.72. The van der Waals surface area contributed by atoms with Crippen LogP contribution in [0, 0.1) is 0 Å². The minimum Gasteiger partial charge on any atom is -0.389 e. The zero-order chi connectivity index (χ0) is 13.8. The molecule has 5 heteroatoms. The lowest BCUT2D eigenvalue weighted by molar-refractivity contribution is 0.0876. The maximum absolute atomic E-state index is 11.5. The number of hydrogen-bond acceptors (Lipinski definition) is 4. The van der Waals surface area contributed by atoms with Crippen molar-refractivity contribution in [2.45, 2.75) is 26.4 Å². The summed E-state index contributed by atoms with van der Waals surface area (Å²) in [5.74, 6) is -0.212. The first kappa shape index (κ1) is 14.4. The van der Waals surface area contributed by atoms with Gasteiger partial charge in [0.15, 0.2) is 0 Å².